The summed E-state index contributed by atoms with van der Waals surface area (Å²) < 4.78 is 0. The Balaban J connectivity index is 2.13. The van der Waals surface area contributed by atoms with E-state index < -0.39 is 0 Å². The molecule has 18 heavy (non-hydrogen) atoms. The molecule has 2 rings (SSSR count). The van der Waals surface area contributed by atoms with E-state index >= 15 is 0 Å². The van der Waals surface area contributed by atoms with Gasteiger partial charge in [-0.25, -0.2) is 0 Å². The number of halogens is 2. The average molecular weight is 298 g/mol. The second-order valence-corrected chi connectivity index (χ2v) is 5.70. The summed E-state index contributed by atoms with van der Waals surface area (Å²) in [5, 5.41) is 1.52. The molecule has 0 radical (unpaired) electrons. The molecule has 0 heterocycles. The molecule has 0 aliphatic rings. The van der Waals surface area contributed by atoms with Crippen LogP contribution in [0.3, 0.4) is 0 Å². The van der Waals surface area contributed by atoms with Crippen LogP contribution in [-0.2, 0) is 12.3 Å². The van der Waals surface area contributed by atoms with E-state index in [1.54, 1.807) is 11.8 Å². The van der Waals surface area contributed by atoms with Crippen molar-refractivity contribution < 1.29 is 0 Å². The van der Waals surface area contributed by atoms with Gasteiger partial charge in [0.1, 0.15) is 0 Å². The van der Waals surface area contributed by atoms with Crippen LogP contribution in [0.5, 0.6) is 0 Å². The maximum absolute atomic E-state index is 6.13. The molecule has 0 atom stereocenters. The van der Waals surface area contributed by atoms with Crippen molar-refractivity contribution in [1.29, 1.82) is 0 Å². The van der Waals surface area contributed by atoms with Crippen LogP contribution in [0.15, 0.2) is 47.4 Å². The number of hydrogen-bond acceptors (Lipinski definition) is 2. The van der Waals surface area contributed by atoms with Crippen LogP contribution in [0.1, 0.15) is 11.1 Å². The lowest BCUT2D eigenvalue weighted by Crippen LogP contribution is -1.98. The Bertz CT molecular complexity index is 543. The van der Waals surface area contributed by atoms with E-state index in [1.807, 2.05) is 42.5 Å². The summed E-state index contributed by atoms with van der Waals surface area (Å²) in [5.74, 6) is 0.828. The lowest BCUT2D eigenvalue weighted by atomic mass is 10.2. The fourth-order valence-corrected chi connectivity index (χ4v) is 3.15. The van der Waals surface area contributed by atoms with Gasteiger partial charge in [0, 0.05) is 27.2 Å². The Labute approximate surface area is 121 Å². The molecule has 2 aromatic carbocycles. The van der Waals surface area contributed by atoms with Crippen molar-refractivity contribution in [2.75, 3.05) is 0 Å². The molecule has 0 saturated heterocycles. The zero-order chi connectivity index (χ0) is 13.0. The molecular formula is C14H13Cl2NS. The summed E-state index contributed by atoms with van der Waals surface area (Å²) in [5.41, 5.74) is 7.92. The summed E-state index contributed by atoms with van der Waals surface area (Å²) in [7, 11) is 0. The highest BCUT2D eigenvalue weighted by Crippen LogP contribution is 2.30. The van der Waals surface area contributed by atoms with Crippen LogP contribution in [0.2, 0.25) is 10.0 Å². The first-order chi connectivity index (χ1) is 8.70. The lowest BCUT2D eigenvalue weighted by molar-refractivity contribution is 1.03. The number of rotatable bonds is 4. The molecule has 0 saturated carbocycles. The van der Waals surface area contributed by atoms with Gasteiger partial charge in [0.2, 0.25) is 0 Å². The van der Waals surface area contributed by atoms with Crippen LogP contribution in [-0.4, -0.2) is 0 Å². The molecule has 1 nitrogen and oxygen atoms in total. The molecule has 0 aromatic heterocycles. The van der Waals surface area contributed by atoms with E-state index in [2.05, 4.69) is 0 Å². The first-order valence-corrected chi connectivity index (χ1v) is 7.29. The van der Waals surface area contributed by atoms with Crippen molar-refractivity contribution in [3.63, 3.8) is 0 Å². The lowest BCUT2D eigenvalue weighted by Gasteiger charge is -2.09. The monoisotopic (exact) mass is 297 g/mol. The van der Waals surface area contributed by atoms with E-state index in [4.69, 9.17) is 28.9 Å². The van der Waals surface area contributed by atoms with Crippen molar-refractivity contribution in [3.05, 3.63) is 63.6 Å². The van der Waals surface area contributed by atoms with Crippen molar-refractivity contribution in [3.8, 4) is 0 Å². The largest absolute Gasteiger partial charge is 0.326 e. The minimum atomic E-state index is 0.491. The van der Waals surface area contributed by atoms with Gasteiger partial charge >= 0.3 is 0 Å². The Morgan fingerprint density at radius 2 is 1.78 bits per heavy atom. The molecule has 4 heteroatoms. The van der Waals surface area contributed by atoms with Crippen molar-refractivity contribution in [2.24, 2.45) is 5.73 Å². The van der Waals surface area contributed by atoms with Gasteiger partial charge in [0.25, 0.3) is 0 Å². The molecule has 0 aliphatic carbocycles. The molecule has 2 aromatic rings. The number of benzene rings is 2. The average Bonchev–Trinajstić information content (AvgIpc) is 2.39. The molecule has 0 unspecified atom stereocenters. The van der Waals surface area contributed by atoms with Crippen LogP contribution in [0, 0.1) is 0 Å². The summed E-state index contributed by atoms with van der Waals surface area (Å²) >= 11 is 13.8. The minimum Gasteiger partial charge on any atom is -0.326 e. The van der Waals surface area contributed by atoms with Gasteiger partial charge in [-0.05, 0) is 35.4 Å². The maximum atomic E-state index is 6.13. The van der Waals surface area contributed by atoms with Gasteiger partial charge in [-0.1, -0.05) is 41.4 Å². The molecule has 94 valence electrons. The molecule has 0 bridgehead atoms. The van der Waals surface area contributed by atoms with Crippen molar-refractivity contribution >= 4 is 35.0 Å². The van der Waals surface area contributed by atoms with E-state index in [9.17, 15) is 0 Å². The Kier molecular flexibility index (Phi) is 4.95. The Hall–Kier alpha value is -0.670. The van der Waals surface area contributed by atoms with Crippen LogP contribution in [0.25, 0.3) is 0 Å². The van der Waals surface area contributed by atoms with Crippen LogP contribution >= 0.6 is 35.0 Å². The van der Waals surface area contributed by atoms with Crippen LogP contribution < -0.4 is 5.73 Å². The SMILES string of the molecule is NCc1cc(Cl)ccc1SCc1ccccc1Cl. The molecule has 2 N–H and O–H groups in total. The summed E-state index contributed by atoms with van der Waals surface area (Å²) in [6, 6.07) is 13.7. The second-order valence-electron chi connectivity index (χ2n) is 3.84. The molecule has 0 amide bonds. The highest BCUT2D eigenvalue weighted by molar-refractivity contribution is 7.98. The summed E-state index contributed by atoms with van der Waals surface area (Å²) in [6.45, 7) is 0.491. The fourth-order valence-electron chi connectivity index (χ4n) is 1.62. The molecule has 0 spiro atoms. The standard InChI is InChI=1S/C14H13Cl2NS/c15-12-5-6-14(11(7-12)8-17)18-9-10-3-1-2-4-13(10)16/h1-7H,8-9,17H2. The minimum absolute atomic E-state index is 0.491. The fraction of sp³-hybridized carbons (Fsp3) is 0.143. The second kappa shape index (κ2) is 6.48. The van der Waals surface area contributed by atoms with E-state index in [0.29, 0.717) is 6.54 Å². The quantitative estimate of drug-likeness (QED) is 0.825. The third kappa shape index (κ3) is 3.42. The van der Waals surface area contributed by atoms with Gasteiger partial charge < -0.3 is 5.73 Å². The predicted molar refractivity (Wildman–Crippen MR) is 80.4 cm³/mol. The van der Waals surface area contributed by atoms with Crippen LogP contribution in [0.4, 0.5) is 0 Å². The van der Waals surface area contributed by atoms with Gasteiger partial charge in [-0.2, -0.15) is 0 Å². The highest BCUT2D eigenvalue weighted by atomic mass is 35.5. The third-order valence-electron chi connectivity index (χ3n) is 2.58. The molecule has 0 aliphatic heterocycles. The van der Waals surface area contributed by atoms with E-state index in [-0.39, 0.29) is 0 Å². The van der Waals surface area contributed by atoms with E-state index in [1.165, 1.54) is 0 Å². The van der Waals surface area contributed by atoms with Gasteiger partial charge in [0.05, 0.1) is 0 Å². The number of nitrogens with two attached hydrogens (primary N) is 1. The van der Waals surface area contributed by atoms with Crippen molar-refractivity contribution in [2.45, 2.75) is 17.2 Å². The first kappa shape index (κ1) is 13.8. The van der Waals surface area contributed by atoms with Crippen molar-refractivity contribution in [1.82, 2.24) is 0 Å². The predicted octanol–water partition coefficient (Wildman–Crippen LogP) is 4.74. The third-order valence-corrected chi connectivity index (χ3v) is 4.35. The first-order valence-electron chi connectivity index (χ1n) is 5.55. The Morgan fingerprint density at radius 1 is 1.00 bits per heavy atom. The normalized spacial score (nSPS) is 10.6. The molecular weight excluding hydrogens is 285 g/mol. The maximum Gasteiger partial charge on any atom is 0.0446 e. The topological polar surface area (TPSA) is 26.0 Å². The highest BCUT2D eigenvalue weighted by Gasteiger charge is 2.05. The van der Waals surface area contributed by atoms with Gasteiger partial charge in [-0.15, -0.1) is 11.8 Å². The molecule has 0 fully saturated rings. The Morgan fingerprint density at radius 3 is 2.50 bits per heavy atom. The van der Waals surface area contributed by atoms with Gasteiger partial charge in [-0.3, -0.25) is 0 Å². The van der Waals surface area contributed by atoms with Gasteiger partial charge in [0.15, 0.2) is 0 Å². The summed E-state index contributed by atoms with van der Waals surface area (Å²) in [6.07, 6.45) is 0. The summed E-state index contributed by atoms with van der Waals surface area (Å²) in [4.78, 5) is 1.15. The zero-order valence-electron chi connectivity index (χ0n) is 9.70. The van der Waals surface area contributed by atoms with E-state index in [0.717, 1.165) is 31.8 Å². The zero-order valence-corrected chi connectivity index (χ0v) is 12.0. The number of thioether (sulfide) groups is 1. The smallest absolute Gasteiger partial charge is 0.0446 e. The number of hydrogen-bond donors (Lipinski definition) is 1.